The Kier molecular flexibility index (Phi) is 4.05. The summed E-state index contributed by atoms with van der Waals surface area (Å²) in [5, 5.41) is 1.04. The van der Waals surface area contributed by atoms with Gasteiger partial charge in [-0.2, -0.15) is 0 Å². The van der Waals surface area contributed by atoms with E-state index in [-0.39, 0.29) is 5.88 Å². The van der Waals surface area contributed by atoms with Gasteiger partial charge in [0.2, 0.25) is 0 Å². The van der Waals surface area contributed by atoms with Crippen molar-refractivity contribution in [2.24, 2.45) is 10.7 Å². The van der Waals surface area contributed by atoms with E-state index in [2.05, 4.69) is 14.9 Å². The molecule has 0 atom stereocenters. The van der Waals surface area contributed by atoms with Gasteiger partial charge in [-0.3, -0.25) is 0 Å². The number of aromatic nitrogens is 1. The molecule has 2 aromatic rings. The van der Waals surface area contributed by atoms with Crippen LogP contribution in [0.4, 0.5) is 10.8 Å². The van der Waals surface area contributed by atoms with Crippen molar-refractivity contribution in [2.75, 3.05) is 37.1 Å². The van der Waals surface area contributed by atoms with Crippen molar-refractivity contribution in [1.29, 1.82) is 0 Å². The molecule has 0 amide bonds. The maximum absolute atomic E-state index is 5.65. The van der Waals surface area contributed by atoms with E-state index >= 15 is 0 Å². The molecular weight excluding hydrogens is 296 g/mol. The number of thiazole rings is 1. The SMILES string of the molecule is NC(CCl)=Nc1ccc2nc(N3CCOCC3)sc2c1. The average molecular weight is 311 g/mol. The van der Waals surface area contributed by atoms with Crippen LogP contribution >= 0.6 is 22.9 Å². The standard InChI is InChI=1S/C13H15ClN4OS/c14-8-12(15)16-9-1-2-10-11(7-9)20-13(17-10)18-3-5-19-6-4-18/h1-2,7H,3-6,8H2,(H2,15,16). The second kappa shape index (κ2) is 5.95. The number of nitrogens with two attached hydrogens (primary N) is 1. The molecule has 0 aliphatic carbocycles. The predicted octanol–water partition coefficient (Wildman–Crippen LogP) is 2.36. The molecule has 0 saturated carbocycles. The molecule has 2 N–H and O–H groups in total. The number of hydrogen-bond acceptors (Lipinski definition) is 5. The molecule has 1 aliphatic heterocycles. The normalized spacial score (nSPS) is 16.9. The molecule has 7 heteroatoms. The molecule has 1 fully saturated rings. The first-order valence-electron chi connectivity index (χ1n) is 6.38. The summed E-state index contributed by atoms with van der Waals surface area (Å²) in [4.78, 5) is 11.2. The van der Waals surface area contributed by atoms with Crippen LogP contribution in [0.3, 0.4) is 0 Å². The number of benzene rings is 1. The molecule has 1 aromatic carbocycles. The lowest BCUT2D eigenvalue weighted by molar-refractivity contribution is 0.122. The summed E-state index contributed by atoms with van der Waals surface area (Å²) >= 11 is 7.31. The third-order valence-corrected chi connectivity index (χ3v) is 4.40. The van der Waals surface area contributed by atoms with Crippen LogP contribution in [0, 0.1) is 0 Å². The van der Waals surface area contributed by atoms with Crippen molar-refractivity contribution in [3.8, 4) is 0 Å². The average Bonchev–Trinajstić information content (AvgIpc) is 2.91. The summed E-state index contributed by atoms with van der Waals surface area (Å²) < 4.78 is 6.47. The van der Waals surface area contributed by atoms with Crippen molar-refractivity contribution < 1.29 is 4.74 Å². The van der Waals surface area contributed by atoms with Gasteiger partial charge in [0.15, 0.2) is 5.13 Å². The highest BCUT2D eigenvalue weighted by atomic mass is 35.5. The van der Waals surface area contributed by atoms with Gasteiger partial charge in [0.05, 0.1) is 35.0 Å². The first kappa shape index (κ1) is 13.6. The Bertz CT molecular complexity index is 636. The van der Waals surface area contributed by atoms with Gasteiger partial charge in [-0.15, -0.1) is 11.6 Å². The molecule has 0 unspecified atom stereocenters. The summed E-state index contributed by atoms with van der Waals surface area (Å²) in [6, 6.07) is 5.87. The fraction of sp³-hybridized carbons (Fsp3) is 0.385. The van der Waals surface area contributed by atoms with Crippen molar-refractivity contribution in [1.82, 2.24) is 4.98 Å². The van der Waals surface area contributed by atoms with Gasteiger partial charge >= 0.3 is 0 Å². The van der Waals surface area contributed by atoms with E-state index < -0.39 is 0 Å². The lowest BCUT2D eigenvalue weighted by Crippen LogP contribution is -2.36. The van der Waals surface area contributed by atoms with Gasteiger partial charge < -0.3 is 15.4 Å². The van der Waals surface area contributed by atoms with Crippen LogP contribution in [-0.2, 0) is 4.74 Å². The quantitative estimate of drug-likeness (QED) is 0.537. The first-order chi connectivity index (χ1) is 9.76. The number of anilines is 1. The molecular formula is C13H15ClN4OS. The number of fused-ring (bicyclic) bond motifs is 1. The minimum atomic E-state index is 0.236. The van der Waals surface area contributed by atoms with Crippen molar-refractivity contribution in [3.05, 3.63) is 18.2 Å². The summed E-state index contributed by atoms with van der Waals surface area (Å²) in [5.41, 5.74) is 7.45. The Morgan fingerprint density at radius 2 is 2.25 bits per heavy atom. The zero-order chi connectivity index (χ0) is 13.9. The number of ether oxygens (including phenoxy) is 1. The van der Waals surface area contributed by atoms with Crippen LogP contribution < -0.4 is 10.6 Å². The Morgan fingerprint density at radius 3 is 3.00 bits per heavy atom. The molecule has 0 bridgehead atoms. The molecule has 1 saturated heterocycles. The predicted molar refractivity (Wildman–Crippen MR) is 84.7 cm³/mol. The first-order valence-corrected chi connectivity index (χ1v) is 7.73. The maximum Gasteiger partial charge on any atom is 0.186 e. The summed E-state index contributed by atoms with van der Waals surface area (Å²) in [5.74, 6) is 0.656. The zero-order valence-electron chi connectivity index (χ0n) is 10.9. The van der Waals surface area contributed by atoms with E-state index in [0.29, 0.717) is 5.84 Å². The van der Waals surface area contributed by atoms with Gasteiger partial charge in [-0.05, 0) is 18.2 Å². The van der Waals surface area contributed by atoms with E-state index in [1.54, 1.807) is 11.3 Å². The molecule has 0 spiro atoms. The Balaban J connectivity index is 1.90. The van der Waals surface area contributed by atoms with Crippen molar-refractivity contribution in [2.45, 2.75) is 0 Å². The number of amidine groups is 1. The second-order valence-electron chi connectivity index (χ2n) is 4.48. The minimum Gasteiger partial charge on any atom is -0.386 e. The number of alkyl halides is 1. The highest BCUT2D eigenvalue weighted by Crippen LogP contribution is 2.31. The Morgan fingerprint density at radius 1 is 1.45 bits per heavy atom. The number of halogens is 1. The fourth-order valence-corrected chi connectivity index (χ4v) is 3.17. The van der Waals surface area contributed by atoms with Crippen LogP contribution in [0.15, 0.2) is 23.2 Å². The number of aliphatic imine (C=N–C) groups is 1. The van der Waals surface area contributed by atoms with Crippen molar-refractivity contribution in [3.63, 3.8) is 0 Å². The highest BCUT2D eigenvalue weighted by molar-refractivity contribution is 7.22. The molecule has 5 nitrogen and oxygen atoms in total. The van der Waals surface area contributed by atoms with E-state index in [1.165, 1.54) is 0 Å². The van der Waals surface area contributed by atoms with Crippen LogP contribution in [0.1, 0.15) is 0 Å². The maximum atomic E-state index is 5.65. The third kappa shape index (κ3) is 2.87. The van der Waals surface area contributed by atoms with E-state index in [1.807, 2.05) is 18.2 Å². The summed E-state index contributed by atoms with van der Waals surface area (Å²) in [7, 11) is 0. The van der Waals surface area contributed by atoms with Crippen LogP contribution in [0.5, 0.6) is 0 Å². The monoisotopic (exact) mass is 310 g/mol. The Hall–Kier alpha value is -1.37. The van der Waals surface area contributed by atoms with Crippen LogP contribution in [0.25, 0.3) is 10.2 Å². The van der Waals surface area contributed by atoms with E-state index in [9.17, 15) is 0 Å². The Labute approximate surface area is 126 Å². The fourth-order valence-electron chi connectivity index (χ4n) is 2.06. The molecule has 0 radical (unpaired) electrons. The van der Waals surface area contributed by atoms with E-state index in [4.69, 9.17) is 22.1 Å². The van der Waals surface area contributed by atoms with Crippen LogP contribution in [0.2, 0.25) is 0 Å². The third-order valence-electron chi connectivity index (χ3n) is 3.05. The summed E-state index contributed by atoms with van der Waals surface area (Å²) in [6.45, 7) is 3.31. The summed E-state index contributed by atoms with van der Waals surface area (Å²) in [6.07, 6.45) is 0. The number of hydrogen-bond donors (Lipinski definition) is 1. The van der Waals surface area contributed by atoms with Gasteiger partial charge in [-0.25, -0.2) is 9.98 Å². The minimum absolute atomic E-state index is 0.236. The molecule has 2 heterocycles. The van der Waals surface area contributed by atoms with Gasteiger partial charge in [0.1, 0.15) is 5.84 Å². The molecule has 3 rings (SSSR count). The van der Waals surface area contributed by atoms with Gasteiger partial charge in [0, 0.05) is 13.1 Å². The van der Waals surface area contributed by atoms with Crippen molar-refractivity contribution >= 4 is 49.8 Å². The topological polar surface area (TPSA) is 63.7 Å². The number of nitrogens with zero attached hydrogens (tertiary/aromatic N) is 3. The molecule has 1 aromatic heterocycles. The lowest BCUT2D eigenvalue weighted by Gasteiger charge is -2.25. The zero-order valence-corrected chi connectivity index (χ0v) is 12.5. The van der Waals surface area contributed by atoms with Crippen LogP contribution in [-0.4, -0.2) is 43.0 Å². The second-order valence-corrected chi connectivity index (χ2v) is 5.76. The smallest absolute Gasteiger partial charge is 0.186 e. The van der Waals surface area contributed by atoms with E-state index in [0.717, 1.165) is 47.3 Å². The lowest BCUT2D eigenvalue weighted by atomic mass is 10.3. The van der Waals surface area contributed by atoms with Gasteiger partial charge in [0.25, 0.3) is 0 Å². The molecule has 106 valence electrons. The molecule has 20 heavy (non-hydrogen) atoms. The number of morpholine rings is 1. The number of rotatable bonds is 3. The molecule has 1 aliphatic rings. The highest BCUT2D eigenvalue weighted by Gasteiger charge is 2.15. The van der Waals surface area contributed by atoms with Gasteiger partial charge in [-0.1, -0.05) is 11.3 Å². The largest absolute Gasteiger partial charge is 0.386 e.